The normalized spacial score (nSPS) is 17.2. The second kappa shape index (κ2) is 5.84. The van der Waals surface area contributed by atoms with Crippen molar-refractivity contribution in [1.29, 1.82) is 0 Å². The number of carbonyl (C=O) groups excluding carboxylic acids is 1. The predicted octanol–water partition coefficient (Wildman–Crippen LogP) is 0.624. The number of piperidine rings is 1. The van der Waals surface area contributed by atoms with Crippen LogP contribution in [-0.2, 0) is 14.3 Å². The van der Waals surface area contributed by atoms with Crippen molar-refractivity contribution >= 4 is 21.8 Å². The van der Waals surface area contributed by atoms with Crippen LogP contribution in [0.2, 0.25) is 0 Å². The van der Waals surface area contributed by atoms with Crippen LogP contribution in [0.25, 0.3) is 0 Å². The van der Waals surface area contributed by atoms with Crippen molar-refractivity contribution in [3.8, 4) is 0 Å². The molecule has 8 heteroatoms. The van der Waals surface area contributed by atoms with Crippen LogP contribution < -0.4 is 4.90 Å². The number of carbonyl (C=O) groups is 1. The lowest BCUT2D eigenvalue weighted by Gasteiger charge is -2.31. The first-order chi connectivity index (χ1) is 9.35. The van der Waals surface area contributed by atoms with Gasteiger partial charge >= 0.3 is 0 Å². The number of hydrogen-bond acceptors (Lipinski definition) is 7. The summed E-state index contributed by atoms with van der Waals surface area (Å²) in [7, 11) is -3.41. The molecule has 1 aromatic rings. The predicted molar refractivity (Wildman–Crippen MR) is 73.2 cm³/mol. The van der Waals surface area contributed by atoms with Gasteiger partial charge in [-0.2, -0.15) is 8.42 Å². The van der Waals surface area contributed by atoms with Gasteiger partial charge in [0, 0.05) is 25.5 Å². The molecule has 0 amide bonds. The van der Waals surface area contributed by atoms with Crippen LogP contribution in [0.15, 0.2) is 12.4 Å². The lowest BCUT2D eigenvalue weighted by Crippen LogP contribution is -2.38. The van der Waals surface area contributed by atoms with Crippen LogP contribution in [-0.4, -0.2) is 49.6 Å². The number of nitrogens with zero attached hydrogens (tertiary/aromatic N) is 3. The molecule has 7 nitrogen and oxygen atoms in total. The van der Waals surface area contributed by atoms with E-state index in [0.717, 1.165) is 6.26 Å². The van der Waals surface area contributed by atoms with Crippen molar-refractivity contribution in [3.63, 3.8) is 0 Å². The number of hydrogen-bond donors (Lipinski definition) is 0. The minimum Gasteiger partial charge on any atom is -0.341 e. The first-order valence-corrected chi connectivity index (χ1v) is 8.13. The van der Waals surface area contributed by atoms with Crippen molar-refractivity contribution in [2.75, 3.05) is 24.2 Å². The van der Waals surface area contributed by atoms with Gasteiger partial charge in [0.15, 0.2) is 5.78 Å². The summed E-state index contributed by atoms with van der Waals surface area (Å²) in [6, 6.07) is 0. The van der Waals surface area contributed by atoms with Crippen LogP contribution in [0.4, 0.5) is 5.95 Å². The molecule has 1 fully saturated rings. The van der Waals surface area contributed by atoms with Crippen LogP contribution in [0.3, 0.4) is 0 Å². The molecule has 0 N–H and O–H groups in total. The molecule has 0 unspecified atom stereocenters. The van der Waals surface area contributed by atoms with E-state index in [2.05, 4.69) is 9.97 Å². The standard InChI is InChI=1S/C12H17N3O4S/c1-9(16)10-7-13-12(14-8-10)15-5-3-11(4-6-15)19-20(2,17)18/h7-8,11H,3-6H2,1-2H3. The molecule has 1 aliphatic rings. The summed E-state index contributed by atoms with van der Waals surface area (Å²) in [5, 5.41) is 0. The molecule has 0 aromatic carbocycles. The molecular weight excluding hydrogens is 282 g/mol. The fraction of sp³-hybridized carbons (Fsp3) is 0.583. The topological polar surface area (TPSA) is 89.5 Å². The molecule has 0 aliphatic carbocycles. The fourth-order valence-electron chi connectivity index (χ4n) is 2.07. The van der Waals surface area contributed by atoms with E-state index >= 15 is 0 Å². The van der Waals surface area contributed by atoms with E-state index in [1.807, 2.05) is 4.90 Å². The minimum atomic E-state index is -3.41. The fourth-order valence-corrected chi connectivity index (χ4v) is 2.75. The molecule has 2 heterocycles. The lowest BCUT2D eigenvalue weighted by atomic mass is 10.1. The first-order valence-electron chi connectivity index (χ1n) is 6.31. The largest absolute Gasteiger partial charge is 0.341 e. The highest BCUT2D eigenvalue weighted by Crippen LogP contribution is 2.19. The average Bonchev–Trinajstić information content (AvgIpc) is 2.38. The third-order valence-electron chi connectivity index (χ3n) is 3.08. The summed E-state index contributed by atoms with van der Waals surface area (Å²) in [5.74, 6) is 0.476. The Hall–Kier alpha value is -1.54. The maximum absolute atomic E-state index is 11.1. The Labute approximate surface area is 118 Å². The molecule has 0 bridgehead atoms. The van der Waals surface area contributed by atoms with E-state index < -0.39 is 10.1 Å². The second-order valence-corrected chi connectivity index (χ2v) is 6.42. The zero-order valence-corrected chi connectivity index (χ0v) is 12.3. The van der Waals surface area contributed by atoms with E-state index in [1.165, 1.54) is 19.3 Å². The van der Waals surface area contributed by atoms with E-state index in [-0.39, 0.29) is 11.9 Å². The van der Waals surface area contributed by atoms with Crippen LogP contribution in [0.1, 0.15) is 30.1 Å². The Bertz CT molecular complexity index is 577. The van der Waals surface area contributed by atoms with Gasteiger partial charge in [-0.05, 0) is 19.8 Å². The Morgan fingerprint density at radius 2 is 1.85 bits per heavy atom. The van der Waals surface area contributed by atoms with Gasteiger partial charge < -0.3 is 4.90 Å². The van der Waals surface area contributed by atoms with E-state index in [9.17, 15) is 13.2 Å². The molecule has 0 atom stereocenters. The molecule has 110 valence electrons. The van der Waals surface area contributed by atoms with Gasteiger partial charge in [-0.1, -0.05) is 0 Å². The zero-order chi connectivity index (χ0) is 14.8. The minimum absolute atomic E-state index is 0.0724. The van der Waals surface area contributed by atoms with Crippen LogP contribution in [0, 0.1) is 0 Å². The quantitative estimate of drug-likeness (QED) is 0.595. The van der Waals surface area contributed by atoms with Gasteiger partial charge in [0.25, 0.3) is 10.1 Å². The maximum atomic E-state index is 11.1. The molecule has 1 saturated heterocycles. The molecule has 0 spiro atoms. The third-order valence-corrected chi connectivity index (χ3v) is 3.70. The molecule has 0 radical (unpaired) electrons. The Morgan fingerprint density at radius 1 is 1.30 bits per heavy atom. The molecule has 0 saturated carbocycles. The summed E-state index contributed by atoms with van der Waals surface area (Å²) in [6.07, 6.45) is 4.99. The maximum Gasteiger partial charge on any atom is 0.264 e. The Kier molecular flexibility index (Phi) is 4.34. The zero-order valence-electron chi connectivity index (χ0n) is 11.4. The van der Waals surface area contributed by atoms with Crippen molar-refractivity contribution in [1.82, 2.24) is 9.97 Å². The van der Waals surface area contributed by atoms with Crippen LogP contribution in [0.5, 0.6) is 0 Å². The highest BCUT2D eigenvalue weighted by molar-refractivity contribution is 7.86. The van der Waals surface area contributed by atoms with Gasteiger partial charge in [-0.3, -0.25) is 8.98 Å². The van der Waals surface area contributed by atoms with Crippen LogP contribution >= 0.6 is 0 Å². The van der Waals surface area contributed by atoms with Gasteiger partial charge in [0.2, 0.25) is 5.95 Å². The average molecular weight is 299 g/mol. The Balaban J connectivity index is 1.95. The number of aromatic nitrogens is 2. The molecule has 2 rings (SSSR count). The number of anilines is 1. The van der Waals surface area contributed by atoms with Crippen molar-refractivity contribution in [2.45, 2.75) is 25.9 Å². The number of rotatable bonds is 4. The SMILES string of the molecule is CC(=O)c1cnc(N2CCC(OS(C)(=O)=O)CC2)nc1. The van der Waals surface area contributed by atoms with Gasteiger partial charge in [-0.15, -0.1) is 0 Å². The highest BCUT2D eigenvalue weighted by atomic mass is 32.2. The highest BCUT2D eigenvalue weighted by Gasteiger charge is 2.24. The summed E-state index contributed by atoms with van der Waals surface area (Å²) in [5.41, 5.74) is 0.476. The lowest BCUT2D eigenvalue weighted by molar-refractivity contribution is 0.101. The molecule has 20 heavy (non-hydrogen) atoms. The van der Waals surface area contributed by atoms with E-state index in [1.54, 1.807) is 0 Å². The Morgan fingerprint density at radius 3 is 2.30 bits per heavy atom. The summed E-state index contributed by atoms with van der Waals surface area (Å²) < 4.78 is 27.1. The number of ketones is 1. The van der Waals surface area contributed by atoms with Crippen molar-refractivity contribution in [3.05, 3.63) is 18.0 Å². The van der Waals surface area contributed by atoms with E-state index in [4.69, 9.17) is 4.18 Å². The molecule has 1 aliphatic heterocycles. The smallest absolute Gasteiger partial charge is 0.264 e. The summed E-state index contributed by atoms with van der Waals surface area (Å²) in [4.78, 5) is 21.4. The van der Waals surface area contributed by atoms with Gasteiger partial charge in [-0.25, -0.2) is 9.97 Å². The van der Waals surface area contributed by atoms with Crippen molar-refractivity contribution < 1.29 is 17.4 Å². The molecule has 1 aromatic heterocycles. The third kappa shape index (κ3) is 3.97. The number of Topliss-reactive ketones (excluding diaryl/α,β-unsaturated/α-hetero) is 1. The van der Waals surface area contributed by atoms with Gasteiger partial charge in [0.05, 0.1) is 17.9 Å². The second-order valence-electron chi connectivity index (χ2n) is 4.81. The summed E-state index contributed by atoms with van der Waals surface area (Å²) >= 11 is 0. The van der Waals surface area contributed by atoms with E-state index in [0.29, 0.717) is 37.4 Å². The monoisotopic (exact) mass is 299 g/mol. The van der Waals surface area contributed by atoms with Crippen molar-refractivity contribution in [2.24, 2.45) is 0 Å². The summed E-state index contributed by atoms with van der Waals surface area (Å²) in [6.45, 7) is 2.71. The molecular formula is C12H17N3O4S. The van der Waals surface area contributed by atoms with Gasteiger partial charge in [0.1, 0.15) is 0 Å². The first kappa shape index (κ1) is 14.9.